The summed E-state index contributed by atoms with van der Waals surface area (Å²) in [5.74, 6) is -1.09. The van der Waals surface area contributed by atoms with E-state index in [4.69, 9.17) is 11.6 Å². The first-order valence-corrected chi connectivity index (χ1v) is 6.84. The topological polar surface area (TPSA) is 92.2 Å². The van der Waals surface area contributed by atoms with E-state index in [0.29, 0.717) is 18.8 Å². The van der Waals surface area contributed by atoms with E-state index < -0.39 is 17.4 Å². The van der Waals surface area contributed by atoms with E-state index in [1.807, 2.05) is 0 Å². The van der Waals surface area contributed by atoms with E-state index in [2.05, 4.69) is 22.2 Å². The van der Waals surface area contributed by atoms with E-state index in [-0.39, 0.29) is 10.8 Å². The van der Waals surface area contributed by atoms with Gasteiger partial charge in [0.2, 0.25) is 0 Å². The lowest BCUT2D eigenvalue weighted by Crippen LogP contribution is -2.56. The fourth-order valence-corrected chi connectivity index (χ4v) is 2.53. The molecule has 0 saturated heterocycles. The smallest absolute Gasteiger partial charge is 0.329 e. The van der Waals surface area contributed by atoms with Crippen LogP contribution in [0.4, 0.5) is 0 Å². The summed E-state index contributed by atoms with van der Waals surface area (Å²) in [6, 6.07) is 0. The summed E-state index contributed by atoms with van der Waals surface area (Å²) in [4.78, 5) is 31.3. The predicted molar refractivity (Wildman–Crippen MR) is 72.5 cm³/mol. The van der Waals surface area contributed by atoms with Gasteiger partial charge in [-0.1, -0.05) is 18.5 Å². The van der Waals surface area contributed by atoms with E-state index in [0.717, 1.165) is 12.8 Å². The number of amides is 1. The second kappa shape index (κ2) is 5.75. The lowest BCUT2D eigenvalue weighted by Gasteiger charge is -2.36. The third kappa shape index (κ3) is 3.07. The number of carbonyl (C=O) groups is 2. The maximum absolute atomic E-state index is 12.1. The Morgan fingerprint density at radius 2 is 2.05 bits per heavy atom. The monoisotopic (exact) mass is 297 g/mol. The minimum atomic E-state index is -1.21. The van der Waals surface area contributed by atoms with Crippen LogP contribution in [0.1, 0.15) is 43.1 Å². The van der Waals surface area contributed by atoms with Crippen molar-refractivity contribution in [3.8, 4) is 0 Å². The van der Waals surface area contributed by atoms with E-state index in [1.165, 1.54) is 12.4 Å². The van der Waals surface area contributed by atoms with Crippen LogP contribution in [-0.4, -0.2) is 32.5 Å². The molecule has 1 aliphatic carbocycles. The Labute approximate surface area is 121 Å². The molecule has 1 heterocycles. The quantitative estimate of drug-likeness (QED) is 0.889. The molecule has 0 radical (unpaired) electrons. The van der Waals surface area contributed by atoms with Gasteiger partial charge in [0.05, 0.1) is 12.4 Å². The average molecular weight is 298 g/mol. The zero-order valence-electron chi connectivity index (χ0n) is 11.1. The molecule has 0 aromatic carbocycles. The van der Waals surface area contributed by atoms with Gasteiger partial charge < -0.3 is 10.4 Å². The fraction of sp³-hybridized carbons (Fsp3) is 0.538. The van der Waals surface area contributed by atoms with Crippen LogP contribution in [0.2, 0.25) is 5.15 Å². The minimum absolute atomic E-state index is 0.0248. The van der Waals surface area contributed by atoms with Gasteiger partial charge in [-0.25, -0.2) is 9.78 Å². The van der Waals surface area contributed by atoms with Crippen molar-refractivity contribution in [3.05, 3.63) is 23.2 Å². The van der Waals surface area contributed by atoms with Crippen molar-refractivity contribution >= 4 is 23.5 Å². The molecule has 7 heteroatoms. The number of nitrogens with one attached hydrogen (secondary N) is 1. The van der Waals surface area contributed by atoms with Gasteiger partial charge in [-0.05, 0) is 31.6 Å². The number of aromatic nitrogens is 2. The van der Waals surface area contributed by atoms with Crippen molar-refractivity contribution < 1.29 is 14.7 Å². The molecule has 0 aliphatic heterocycles. The Kier molecular flexibility index (Phi) is 4.23. The molecular weight excluding hydrogens is 282 g/mol. The molecule has 108 valence electrons. The van der Waals surface area contributed by atoms with Crippen molar-refractivity contribution in [1.82, 2.24) is 15.3 Å². The minimum Gasteiger partial charge on any atom is -0.480 e. The number of carboxylic acids is 1. The van der Waals surface area contributed by atoms with Crippen molar-refractivity contribution in [2.75, 3.05) is 0 Å². The maximum Gasteiger partial charge on any atom is 0.329 e. The predicted octanol–water partition coefficient (Wildman–Crippen LogP) is 1.89. The van der Waals surface area contributed by atoms with E-state index >= 15 is 0 Å². The Morgan fingerprint density at radius 3 is 2.60 bits per heavy atom. The largest absolute Gasteiger partial charge is 0.480 e. The van der Waals surface area contributed by atoms with Gasteiger partial charge in [0.15, 0.2) is 0 Å². The molecule has 6 nitrogen and oxygen atoms in total. The molecule has 0 spiro atoms. The SMILES string of the molecule is CC1CCC(NC(=O)c2cncc(Cl)n2)(C(=O)O)CC1. The van der Waals surface area contributed by atoms with Crippen LogP contribution in [0.3, 0.4) is 0 Å². The Balaban J connectivity index is 2.17. The number of rotatable bonds is 3. The van der Waals surface area contributed by atoms with Crippen LogP contribution in [0, 0.1) is 5.92 Å². The molecule has 1 aromatic rings. The van der Waals surface area contributed by atoms with Crippen LogP contribution in [0.25, 0.3) is 0 Å². The zero-order valence-corrected chi connectivity index (χ0v) is 11.9. The third-order valence-electron chi connectivity index (χ3n) is 3.73. The van der Waals surface area contributed by atoms with Crippen molar-refractivity contribution in [3.63, 3.8) is 0 Å². The van der Waals surface area contributed by atoms with Crippen LogP contribution in [0.15, 0.2) is 12.4 Å². The average Bonchev–Trinajstić information content (AvgIpc) is 2.41. The van der Waals surface area contributed by atoms with Crippen LogP contribution in [0.5, 0.6) is 0 Å². The normalized spacial score (nSPS) is 26.0. The molecule has 2 rings (SSSR count). The summed E-state index contributed by atoms with van der Waals surface area (Å²) in [6.07, 6.45) is 4.96. The summed E-state index contributed by atoms with van der Waals surface area (Å²) in [6.45, 7) is 2.08. The molecule has 0 unspecified atom stereocenters. The van der Waals surface area contributed by atoms with E-state index in [1.54, 1.807) is 0 Å². The lowest BCUT2D eigenvalue weighted by molar-refractivity contribution is -0.146. The summed E-state index contributed by atoms with van der Waals surface area (Å²) in [7, 11) is 0. The molecule has 0 bridgehead atoms. The summed E-state index contributed by atoms with van der Waals surface area (Å²) in [5.41, 5.74) is -1.19. The standard InChI is InChI=1S/C13H16ClN3O3/c1-8-2-4-13(5-3-8,12(19)20)17-11(18)9-6-15-7-10(14)16-9/h6-8H,2-5H2,1H3,(H,17,18)(H,19,20). The summed E-state index contributed by atoms with van der Waals surface area (Å²) < 4.78 is 0. The molecule has 1 saturated carbocycles. The molecule has 1 fully saturated rings. The molecule has 20 heavy (non-hydrogen) atoms. The Hall–Kier alpha value is -1.69. The second-order valence-electron chi connectivity index (χ2n) is 5.25. The van der Waals surface area contributed by atoms with Gasteiger partial charge >= 0.3 is 5.97 Å². The maximum atomic E-state index is 12.1. The van der Waals surface area contributed by atoms with Gasteiger partial charge in [-0.2, -0.15) is 0 Å². The van der Waals surface area contributed by atoms with Crippen molar-refractivity contribution in [2.45, 2.75) is 38.1 Å². The number of hydrogen-bond acceptors (Lipinski definition) is 4. The molecule has 1 aliphatic rings. The highest BCUT2D eigenvalue weighted by molar-refractivity contribution is 6.29. The van der Waals surface area contributed by atoms with Crippen molar-refractivity contribution in [1.29, 1.82) is 0 Å². The first-order chi connectivity index (χ1) is 9.43. The summed E-state index contributed by atoms with van der Waals surface area (Å²) >= 11 is 5.68. The first-order valence-electron chi connectivity index (χ1n) is 6.46. The lowest BCUT2D eigenvalue weighted by atomic mass is 9.77. The Bertz CT molecular complexity index is 527. The van der Waals surface area contributed by atoms with Gasteiger partial charge in [-0.15, -0.1) is 0 Å². The second-order valence-corrected chi connectivity index (χ2v) is 5.64. The number of halogens is 1. The highest BCUT2D eigenvalue weighted by Crippen LogP contribution is 2.32. The molecule has 1 amide bonds. The molecule has 2 N–H and O–H groups in total. The number of aliphatic carboxylic acids is 1. The van der Waals surface area contributed by atoms with Crippen LogP contribution >= 0.6 is 11.6 Å². The number of nitrogens with zero attached hydrogens (tertiary/aromatic N) is 2. The number of carboxylic acid groups (broad SMARTS) is 1. The van der Waals surface area contributed by atoms with Crippen LogP contribution in [-0.2, 0) is 4.79 Å². The first kappa shape index (κ1) is 14.7. The van der Waals surface area contributed by atoms with E-state index in [9.17, 15) is 14.7 Å². The Morgan fingerprint density at radius 1 is 1.40 bits per heavy atom. The van der Waals surface area contributed by atoms with Gasteiger partial charge in [-0.3, -0.25) is 9.78 Å². The van der Waals surface area contributed by atoms with Crippen LogP contribution < -0.4 is 5.32 Å². The van der Waals surface area contributed by atoms with Gasteiger partial charge in [0.25, 0.3) is 5.91 Å². The number of hydrogen-bond donors (Lipinski definition) is 2. The number of carbonyl (C=O) groups excluding carboxylic acids is 1. The molecule has 1 aromatic heterocycles. The zero-order chi connectivity index (χ0) is 14.8. The summed E-state index contributed by atoms with van der Waals surface area (Å²) in [5, 5.41) is 12.1. The highest BCUT2D eigenvalue weighted by Gasteiger charge is 2.42. The van der Waals surface area contributed by atoms with Crippen molar-refractivity contribution in [2.24, 2.45) is 5.92 Å². The van der Waals surface area contributed by atoms with Gasteiger partial charge in [0, 0.05) is 0 Å². The molecule has 0 atom stereocenters. The fourth-order valence-electron chi connectivity index (χ4n) is 2.38. The highest BCUT2D eigenvalue weighted by atomic mass is 35.5. The van der Waals surface area contributed by atoms with Gasteiger partial charge in [0.1, 0.15) is 16.4 Å². The molecular formula is C13H16ClN3O3. The third-order valence-corrected chi connectivity index (χ3v) is 3.91.